The maximum atomic E-state index is 13.3. The van der Waals surface area contributed by atoms with Gasteiger partial charge in [0.25, 0.3) is 0 Å². The quantitative estimate of drug-likeness (QED) is 0.548. The smallest absolute Gasteiger partial charge is 0.247 e. The number of nitrogens with one attached hydrogen (secondary N) is 1. The van der Waals surface area contributed by atoms with Gasteiger partial charge in [-0.25, -0.2) is 5.48 Å². The van der Waals surface area contributed by atoms with Crippen molar-refractivity contribution in [1.29, 1.82) is 0 Å². The lowest BCUT2D eigenvalue weighted by molar-refractivity contribution is -0.149. The molecule has 8 nitrogen and oxygen atoms in total. The van der Waals surface area contributed by atoms with Crippen LogP contribution in [0.1, 0.15) is 33.1 Å². The summed E-state index contributed by atoms with van der Waals surface area (Å²) in [5.74, 6) is -1.81. The number of hydrogen-bond acceptors (Lipinski definition) is 5. The highest BCUT2D eigenvalue weighted by molar-refractivity contribution is 5.88. The number of piperazine rings is 1. The molecule has 0 unspecified atom stereocenters. The monoisotopic (exact) mass is 430 g/mol. The molecule has 1 saturated heterocycles. The molecule has 0 spiro atoms. The molecule has 1 aliphatic carbocycles. The van der Waals surface area contributed by atoms with Crippen molar-refractivity contribution in [3.8, 4) is 0 Å². The van der Waals surface area contributed by atoms with E-state index >= 15 is 0 Å². The number of anilines is 1. The van der Waals surface area contributed by atoms with Crippen molar-refractivity contribution in [3.05, 3.63) is 30.3 Å². The molecule has 8 heteroatoms. The van der Waals surface area contributed by atoms with Crippen LogP contribution in [0, 0.1) is 17.8 Å². The SMILES string of the molecule is CC(C)C(=O)N(C)[C@@H]1CC[C@H](C(=O)N2CCN(c3ccccc3)CC2)[C@@H](C(=O)NO)C1. The first-order valence-corrected chi connectivity index (χ1v) is 11.1. The molecular weight excluding hydrogens is 396 g/mol. The fourth-order valence-corrected chi connectivity index (χ4v) is 4.81. The van der Waals surface area contributed by atoms with Crippen molar-refractivity contribution in [2.75, 3.05) is 38.1 Å². The van der Waals surface area contributed by atoms with E-state index in [0.717, 1.165) is 18.8 Å². The van der Waals surface area contributed by atoms with E-state index in [1.54, 1.807) is 17.4 Å². The van der Waals surface area contributed by atoms with Gasteiger partial charge >= 0.3 is 0 Å². The van der Waals surface area contributed by atoms with E-state index in [2.05, 4.69) is 17.0 Å². The second-order valence-electron chi connectivity index (χ2n) is 8.91. The van der Waals surface area contributed by atoms with Gasteiger partial charge in [0.2, 0.25) is 17.7 Å². The normalized spacial score (nSPS) is 24.1. The van der Waals surface area contributed by atoms with Crippen LogP contribution in [0.5, 0.6) is 0 Å². The van der Waals surface area contributed by atoms with Crippen molar-refractivity contribution in [2.45, 2.75) is 39.2 Å². The maximum absolute atomic E-state index is 13.3. The van der Waals surface area contributed by atoms with Crippen LogP contribution >= 0.6 is 0 Å². The van der Waals surface area contributed by atoms with Gasteiger partial charge in [-0.15, -0.1) is 0 Å². The number of carbonyl (C=O) groups is 3. The van der Waals surface area contributed by atoms with E-state index < -0.39 is 17.7 Å². The highest BCUT2D eigenvalue weighted by Gasteiger charge is 2.43. The van der Waals surface area contributed by atoms with Gasteiger partial charge in [0, 0.05) is 56.8 Å². The number of rotatable bonds is 5. The number of carbonyl (C=O) groups excluding carboxylic acids is 3. The number of nitrogens with zero attached hydrogens (tertiary/aromatic N) is 3. The van der Waals surface area contributed by atoms with E-state index in [4.69, 9.17) is 0 Å². The number of amides is 3. The Hall–Kier alpha value is -2.61. The van der Waals surface area contributed by atoms with Crippen LogP contribution < -0.4 is 10.4 Å². The van der Waals surface area contributed by atoms with Gasteiger partial charge in [-0.3, -0.25) is 19.6 Å². The van der Waals surface area contributed by atoms with E-state index in [1.165, 1.54) is 0 Å². The molecule has 0 bridgehead atoms. The van der Waals surface area contributed by atoms with Crippen molar-refractivity contribution in [1.82, 2.24) is 15.3 Å². The van der Waals surface area contributed by atoms with Crippen LogP contribution in [-0.4, -0.2) is 72.0 Å². The zero-order valence-corrected chi connectivity index (χ0v) is 18.7. The summed E-state index contributed by atoms with van der Waals surface area (Å²) in [6.07, 6.45) is 1.57. The van der Waals surface area contributed by atoms with Crippen LogP contribution in [0.15, 0.2) is 30.3 Å². The maximum Gasteiger partial charge on any atom is 0.247 e. The Kier molecular flexibility index (Phi) is 7.54. The average molecular weight is 431 g/mol. The van der Waals surface area contributed by atoms with E-state index in [9.17, 15) is 19.6 Å². The summed E-state index contributed by atoms with van der Waals surface area (Å²) >= 11 is 0. The molecule has 1 aromatic rings. The third-order valence-corrected chi connectivity index (χ3v) is 6.69. The number of hydroxylamine groups is 1. The lowest BCUT2D eigenvalue weighted by Crippen LogP contribution is -2.54. The number of benzene rings is 1. The van der Waals surface area contributed by atoms with Gasteiger partial charge in [0.15, 0.2) is 0 Å². The zero-order chi connectivity index (χ0) is 22.5. The molecule has 1 heterocycles. The first kappa shape index (κ1) is 23.1. The summed E-state index contributed by atoms with van der Waals surface area (Å²) in [6.45, 7) is 6.39. The second-order valence-corrected chi connectivity index (χ2v) is 8.91. The highest BCUT2D eigenvalue weighted by Crippen LogP contribution is 2.35. The molecule has 1 aromatic carbocycles. The van der Waals surface area contributed by atoms with Gasteiger partial charge in [0.1, 0.15) is 0 Å². The van der Waals surface area contributed by atoms with E-state index in [1.807, 2.05) is 36.9 Å². The highest BCUT2D eigenvalue weighted by atomic mass is 16.5. The third-order valence-electron chi connectivity index (χ3n) is 6.69. The van der Waals surface area contributed by atoms with Crippen LogP contribution in [-0.2, 0) is 14.4 Å². The lowest BCUT2D eigenvalue weighted by Gasteiger charge is -2.42. The average Bonchev–Trinajstić information content (AvgIpc) is 2.82. The number of para-hydroxylation sites is 1. The second kappa shape index (κ2) is 10.1. The van der Waals surface area contributed by atoms with Gasteiger partial charge in [-0.1, -0.05) is 32.0 Å². The van der Waals surface area contributed by atoms with Gasteiger partial charge < -0.3 is 14.7 Å². The summed E-state index contributed by atoms with van der Waals surface area (Å²) in [6, 6.07) is 10.0. The predicted octanol–water partition coefficient (Wildman–Crippen LogP) is 1.74. The predicted molar refractivity (Wildman–Crippen MR) is 117 cm³/mol. The minimum absolute atomic E-state index is 0.0231. The molecule has 3 amide bonds. The molecular formula is C23H34N4O4. The van der Waals surface area contributed by atoms with Crippen LogP contribution in [0.25, 0.3) is 0 Å². The Morgan fingerprint density at radius 3 is 2.26 bits per heavy atom. The standard InChI is InChI=1S/C23H34N4O4/c1-16(2)22(29)25(3)18-9-10-19(20(15-18)21(28)24-31)23(30)27-13-11-26(12-14-27)17-7-5-4-6-8-17/h4-8,16,18-20,31H,9-15H2,1-3H3,(H,24,28)/t18-,19+,20+/m1/s1. The summed E-state index contributed by atoms with van der Waals surface area (Å²) in [5, 5.41) is 9.27. The first-order valence-electron chi connectivity index (χ1n) is 11.1. The third kappa shape index (κ3) is 5.18. The van der Waals surface area contributed by atoms with E-state index in [-0.39, 0.29) is 23.8 Å². The van der Waals surface area contributed by atoms with Crippen molar-refractivity contribution in [3.63, 3.8) is 0 Å². The fourth-order valence-electron chi connectivity index (χ4n) is 4.81. The largest absolute Gasteiger partial charge is 0.368 e. The Bertz CT molecular complexity index is 777. The van der Waals surface area contributed by atoms with Gasteiger partial charge in [-0.05, 0) is 31.4 Å². The van der Waals surface area contributed by atoms with Crippen LogP contribution in [0.3, 0.4) is 0 Å². The lowest BCUT2D eigenvalue weighted by atomic mass is 9.75. The van der Waals surface area contributed by atoms with Gasteiger partial charge in [-0.2, -0.15) is 0 Å². The summed E-state index contributed by atoms with van der Waals surface area (Å²) in [4.78, 5) is 43.9. The van der Waals surface area contributed by atoms with Crippen molar-refractivity contribution >= 4 is 23.4 Å². The van der Waals surface area contributed by atoms with Crippen molar-refractivity contribution in [2.24, 2.45) is 17.8 Å². The molecule has 2 aliphatic rings. The molecule has 2 fully saturated rings. The summed E-state index contributed by atoms with van der Waals surface area (Å²) < 4.78 is 0. The topological polar surface area (TPSA) is 93.2 Å². The minimum atomic E-state index is -0.647. The fraction of sp³-hybridized carbons (Fsp3) is 0.609. The summed E-state index contributed by atoms with van der Waals surface area (Å²) in [7, 11) is 1.76. The molecule has 3 atom stereocenters. The molecule has 2 N–H and O–H groups in total. The molecule has 0 radical (unpaired) electrons. The number of hydrogen-bond donors (Lipinski definition) is 2. The zero-order valence-electron chi connectivity index (χ0n) is 18.7. The first-order chi connectivity index (χ1) is 14.8. The molecule has 31 heavy (non-hydrogen) atoms. The van der Waals surface area contributed by atoms with E-state index in [0.29, 0.717) is 32.4 Å². The molecule has 3 rings (SSSR count). The summed E-state index contributed by atoms with van der Waals surface area (Å²) in [5.41, 5.74) is 2.89. The van der Waals surface area contributed by atoms with Crippen LogP contribution in [0.4, 0.5) is 5.69 Å². The Morgan fingerprint density at radius 1 is 1.03 bits per heavy atom. The van der Waals surface area contributed by atoms with Crippen LogP contribution in [0.2, 0.25) is 0 Å². The van der Waals surface area contributed by atoms with Crippen molar-refractivity contribution < 1.29 is 19.6 Å². The Balaban J connectivity index is 1.65. The molecule has 1 saturated carbocycles. The Morgan fingerprint density at radius 2 is 1.68 bits per heavy atom. The molecule has 1 aliphatic heterocycles. The molecule has 0 aromatic heterocycles. The van der Waals surface area contributed by atoms with Gasteiger partial charge in [0.05, 0.1) is 5.92 Å². The molecule has 170 valence electrons. The minimum Gasteiger partial charge on any atom is -0.368 e. The Labute approximate surface area is 184 Å².